The first-order valence-corrected chi connectivity index (χ1v) is 10.4. The van der Waals surface area contributed by atoms with Gasteiger partial charge in [-0.1, -0.05) is 36.6 Å². The molecule has 1 atom stereocenters. The molecule has 0 aliphatic carbocycles. The summed E-state index contributed by atoms with van der Waals surface area (Å²) in [5.41, 5.74) is 0.519. The smallest absolute Gasteiger partial charge is 0.303 e. The highest BCUT2D eigenvalue weighted by Gasteiger charge is 2.21. The van der Waals surface area contributed by atoms with E-state index in [0.29, 0.717) is 36.3 Å². The Morgan fingerprint density at radius 3 is 2.44 bits per heavy atom. The van der Waals surface area contributed by atoms with E-state index >= 15 is 0 Å². The zero-order valence-corrected chi connectivity index (χ0v) is 16.1. The Balaban J connectivity index is 2.13. The average molecular weight is 414 g/mol. The molecule has 0 heterocycles. The Kier molecular flexibility index (Phi) is 7.77. The van der Waals surface area contributed by atoms with E-state index in [1.807, 2.05) is 0 Å². The van der Waals surface area contributed by atoms with Crippen LogP contribution in [0.3, 0.4) is 0 Å². The molecule has 0 radical (unpaired) electrons. The van der Waals surface area contributed by atoms with Crippen LogP contribution in [0.5, 0.6) is 0 Å². The van der Waals surface area contributed by atoms with Crippen molar-refractivity contribution in [3.05, 3.63) is 64.9 Å². The van der Waals surface area contributed by atoms with Crippen LogP contribution in [0, 0.1) is 5.82 Å². The monoisotopic (exact) mass is 413 g/mol. The Labute approximate surface area is 163 Å². The van der Waals surface area contributed by atoms with Crippen molar-refractivity contribution in [2.75, 3.05) is 0 Å². The molecule has 8 heteroatoms. The van der Waals surface area contributed by atoms with Crippen LogP contribution in [0.2, 0.25) is 5.02 Å². The summed E-state index contributed by atoms with van der Waals surface area (Å²) in [5, 5.41) is 9.11. The average Bonchev–Trinajstić information content (AvgIpc) is 2.60. The molecule has 0 bridgehead atoms. The lowest BCUT2D eigenvalue weighted by atomic mass is 10.0. The highest BCUT2D eigenvalue weighted by Crippen LogP contribution is 2.24. The van der Waals surface area contributed by atoms with Crippen LogP contribution in [0.15, 0.2) is 53.4 Å². The van der Waals surface area contributed by atoms with E-state index in [0.717, 1.165) is 0 Å². The maximum Gasteiger partial charge on any atom is 0.303 e. The van der Waals surface area contributed by atoms with Gasteiger partial charge in [-0.15, -0.1) is 0 Å². The van der Waals surface area contributed by atoms with Crippen molar-refractivity contribution in [3.8, 4) is 0 Å². The molecule has 146 valence electrons. The summed E-state index contributed by atoms with van der Waals surface area (Å²) in [5.74, 6) is -1.31. The lowest BCUT2D eigenvalue weighted by molar-refractivity contribution is -0.137. The predicted octanol–water partition coefficient (Wildman–Crippen LogP) is 4.53. The fraction of sp³-hybridized carbons (Fsp3) is 0.316. The van der Waals surface area contributed by atoms with Crippen molar-refractivity contribution in [2.45, 2.75) is 43.0 Å². The van der Waals surface area contributed by atoms with Gasteiger partial charge in [-0.25, -0.2) is 17.5 Å². The standard InChI is InChI=1S/C19H21ClFNO4S/c20-15-9-11-17(12-10-15)27(25,26)22-18(7-2-1-3-8-19(23)24)14-5-4-6-16(21)13-14/h4-6,9-13,18,22H,1-3,7-8H2,(H,23,24). The third kappa shape index (κ3) is 6.93. The second-order valence-corrected chi connectivity index (χ2v) is 8.33. The van der Waals surface area contributed by atoms with Crippen LogP contribution in [-0.4, -0.2) is 19.5 Å². The van der Waals surface area contributed by atoms with Gasteiger partial charge in [0.05, 0.1) is 4.90 Å². The van der Waals surface area contributed by atoms with Crippen LogP contribution < -0.4 is 4.72 Å². The SMILES string of the molecule is O=C(O)CCCCCC(NS(=O)(=O)c1ccc(Cl)cc1)c1cccc(F)c1. The molecule has 0 aliphatic rings. The number of carboxylic acid groups (broad SMARTS) is 1. The van der Waals surface area contributed by atoms with Gasteiger partial charge in [0.1, 0.15) is 5.82 Å². The number of sulfonamides is 1. The summed E-state index contributed by atoms with van der Waals surface area (Å²) in [6.45, 7) is 0. The van der Waals surface area contributed by atoms with Gasteiger partial charge >= 0.3 is 5.97 Å². The molecular weight excluding hydrogens is 393 g/mol. The fourth-order valence-electron chi connectivity index (χ4n) is 2.69. The molecule has 0 saturated carbocycles. The number of halogens is 2. The van der Waals surface area contributed by atoms with Crippen molar-refractivity contribution in [3.63, 3.8) is 0 Å². The Hall–Kier alpha value is -1.96. The molecule has 0 saturated heterocycles. The van der Waals surface area contributed by atoms with Crippen molar-refractivity contribution in [2.24, 2.45) is 0 Å². The van der Waals surface area contributed by atoms with E-state index in [-0.39, 0.29) is 11.3 Å². The van der Waals surface area contributed by atoms with E-state index in [2.05, 4.69) is 4.72 Å². The lowest BCUT2D eigenvalue weighted by Crippen LogP contribution is -2.28. The highest BCUT2D eigenvalue weighted by molar-refractivity contribution is 7.89. The first-order chi connectivity index (χ1) is 12.8. The third-order valence-corrected chi connectivity index (χ3v) is 5.80. The van der Waals surface area contributed by atoms with Crippen molar-refractivity contribution in [1.29, 1.82) is 0 Å². The van der Waals surface area contributed by atoms with Gasteiger partial charge in [-0.2, -0.15) is 0 Å². The molecule has 0 aliphatic heterocycles. The van der Waals surface area contributed by atoms with Gasteiger partial charge in [-0.05, 0) is 54.8 Å². The van der Waals surface area contributed by atoms with E-state index < -0.39 is 27.9 Å². The number of carboxylic acids is 1. The van der Waals surface area contributed by atoms with E-state index in [4.69, 9.17) is 16.7 Å². The molecular formula is C19H21ClFNO4S. The van der Waals surface area contributed by atoms with Gasteiger partial charge in [0.25, 0.3) is 0 Å². The molecule has 2 aromatic rings. The Bertz CT molecular complexity index is 872. The summed E-state index contributed by atoms with van der Waals surface area (Å²) in [7, 11) is -3.82. The van der Waals surface area contributed by atoms with E-state index in [1.165, 1.54) is 42.5 Å². The van der Waals surface area contributed by atoms with Crippen LogP contribution in [0.4, 0.5) is 4.39 Å². The van der Waals surface area contributed by atoms with Crippen molar-refractivity contribution >= 4 is 27.6 Å². The molecule has 0 spiro atoms. The summed E-state index contributed by atoms with van der Waals surface area (Å²) in [6.07, 6.45) is 2.25. The van der Waals surface area contributed by atoms with Crippen LogP contribution in [-0.2, 0) is 14.8 Å². The minimum absolute atomic E-state index is 0.0687. The van der Waals surface area contributed by atoms with Gasteiger partial charge < -0.3 is 5.11 Å². The summed E-state index contributed by atoms with van der Waals surface area (Å²) in [6, 6.07) is 10.9. The minimum Gasteiger partial charge on any atom is -0.481 e. The molecule has 5 nitrogen and oxygen atoms in total. The van der Waals surface area contributed by atoms with Crippen LogP contribution >= 0.6 is 11.6 Å². The zero-order chi connectivity index (χ0) is 19.9. The fourth-order valence-corrected chi connectivity index (χ4v) is 4.07. The Morgan fingerprint density at radius 1 is 1.11 bits per heavy atom. The maximum absolute atomic E-state index is 13.6. The second kappa shape index (κ2) is 9.82. The number of aliphatic carboxylic acids is 1. The van der Waals surface area contributed by atoms with Crippen molar-refractivity contribution < 1.29 is 22.7 Å². The van der Waals surface area contributed by atoms with E-state index in [1.54, 1.807) is 6.07 Å². The first kappa shape index (κ1) is 21.3. The molecule has 2 N–H and O–H groups in total. The molecule has 2 aromatic carbocycles. The molecule has 27 heavy (non-hydrogen) atoms. The van der Waals surface area contributed by atoms with Gasteiger partial charge in [0.15, 0.2) is 0 Å². The molecule has 2 rings (SSSR count). The number of carbonyl (C=O) groups is 1. The molecule has 1 unspecified atom stereocenters. The Morgan fingerprint density at radius 2 is 1.81 bits per heavy atom. The quantitative estimate of drug-likeness (QED) is 0.560. The third-order valence-electron chi connectivity index (χ3n) is 4.06. The number of unbranched alkanes of at least 4 members (excludes halogenated alkanes) is 2. The van der Waals surface area contributed by atoms with Crippen LogP contribution in [0.25, 0.3) is 0 Å². The van der Waals surface area contributed by atoms with E-state index in [9.17, 15) is 17.6 Å². The van der Waals surface area contributed by atoms with Crippen LogP contribution in [0.1, 0.15) is 43.7 Å². The number of rotatable bonds is 10. The largest absolute Gasteiger partial charge is 0.481 e. The topological polar surface area (TPSA) is 83.5 Å². The number of hydrogen-bond donors (Lipinski definition) is 2. The zero-order valence-electron chi connectivity index (χ0n) is 14.6. The molecule has 0 amide bonds. The number of nitrogens with one attached hydrogen (secondary N) is 1. The summed E-state index contributed by atoms with van der Waals surface area (Å²) in [4.78, 5) is 10.6. The second-order valence-electron chi connectivity index (χ2n) is 6.18. The summed E-state index contributed by atoms with van der Waals surface area (Å²) >= 11 is 5.80. The summed E-state index contributed by atoms with van der Waals surface area (Å²) < 4.78 is 41.6. The lowest BCUT2D eigenvalue weighted by Gasteiger charge is -2.19. The van der Waals surface area contributed by atoms with Gasteiger partial charge in [-0.3, -0.25) is 4.79 Å². The minimum atomic E-state index is -3.82. The molecule has 0 fully saturated rings. The van der Waals surface area contributed by atoms with Gasteiger partial charge in [0, 0.05) is 17.5 Å². The normalized spacial score (nSPS) is 12.7. The predicted molar refractivity (Wildman–Crippen MR) is 102 cm³/mol. The number of benzene rings is 2. The first-order valence-electron chi connectivity index (χ1n) is 8.53. The molecule has 0 aromatic heterocycles. The van der Waals surface area contributed by atoms with Gasteiger partial charge in [0.2, 0.25) is 10.0 Å². The van der Waals surface area contributed by atoms with Crippen molar-refractivity contribution in [1.82, 2.24) is 4.72 Å². The number of hydrogen-bond acceptors (Lipinski definition) is 3. The maximum atomic E-state index is 13.6. The highest BCUT2D eigenvalue weighted by atomic mass is 35.5.